The molecular formula is C14H16FNO4. The average Bonchev–Trinajstić information content (AvgIpc) is 2.40. The van der Waals surface area contributed by atoms with E-state index in [1.807, 2.05) is 6.92 Å². The summed E-state index contributed by atoms with van der Waals surface area (Å²) >= 11 is 0. The number of nitrogens with zero attached hydrogens (tertiary/aromatic N) is 1. The summed E-state index contributed by atoms with van der Waals surface area (Å²) in [7, 11) is 0. The number of halogens is 1. The average molecular weight is 281 g/mol. The van der Waals surface area contributed by atoms with Crippen LogP contribution < -0.4 is 0 Å². The Kier molecular flexibility index (Phi) is 4.32. The lowest BCUT2D eigenvalue weighted by Gasteiger charge is -2.28. The van der Waals surface area contributed by atoms with Crippen LogP contribution in [0, 0.1) is 21.8 Å². The van der Waals surface area contributed by atoms with Crippen LogP contribution in [0.15, 0.2) is 18.2 Å². The highest BCUT2D eigenvalue weighted by atomic mass is 19.1. The summed E-state index contributed by atoms with van der Waals surface area (Å²) in [4.78, 5) is 21.6. The van der Waals surface area contributed by atoms with E-state index in [2.05, 4.69) is 0 Å². The first-order valence-electron chi connectivity index (χ1n) is 6.64. The van der Waals surface area contributed by atoms with Gasteiger partial charge in [0.1, 0.15) is 6.10 Å². The third-order valence-electron chi connectivity index (χ3n) is 3.67. The first-order valence-corrected chi connectivity index (χ1v) is 6.64. The molecule has 1 saturated carbocycles. The number of nitro groups is 1. The SMILES string of the molecule is CC1CCCCC1OC(=O)c1ccc([N+](=O)[O-])c(F)c1. The maximum absolute atomic E-state index is 13.5. The van der Waals surface area contributed by atoms with Crippen molar-refractivity contribution in [2.24, 2.45) is 5.92 Å². The second-order valence-electron chi connectivity index (χ2n) is 5.13. The van der Waals surface area contributed by atoms with Gasteiger partial charge in [-0.2, -0.15) is 4.39 Å². The van der Waals surface area contributed by atoms with Gasteiger partial charge in [0.05, 0.1) is 10.5 Å². The summed E-state index contributed by atoms with van der Waals surface area (Å²) in [5, 5.41) is 10.5. The van der Waals surface area contributed by atoms with Crippen molar-refractivity contribution in [2.45, 2.75) is 38.7 Å². The number of esters is 1. The molecule has 1 aliphatic carbocycles. The first-order chi connectivity index (χ1) is 9.49. The van der Waals surface area contributed by atoms with Crippen LogP contribution in [0.1, 0.15) is 43.0 Å². The van der Waals surface area contributed by atoms with Crippen LogP contribution in [0.3, 0.4) is 0 Å². The minimum atomic E-state index is -1.03. The zero-order valence-electron chi connectivity index (χ0n) is 11.2. The molecule has 1 fully saturated rings. The third kappa shape index (κ3) is 3.12. The summed E-state index contributed by atoms with van der Waals surface area (Å²) in [6.07, 6.45) is 3.79. The Hall–Kier alpha value is -1.98. The van der Waals surface area contributed by atoms with Gasteiger partial charge in [0.2, 0.25) is 5.82 Å². The van der Waals surface area contributed by atoms with Gasteiger partial charge in [-0.1, -0.05) is 13.3 Å². The van der Waals surface area contributed by atoms with Crippen LogP contribution in [0.4, 0.5) is 10.1 Å². The van der Waals surface area contributed by atoms with Crippen molar-refractivity contribution in [1.82, 2.24) is 0 Å². The molecule has 1 aromatic rings. The molecule has 0 spiro atoms. The molecule has 2 atom stereocenters. The van der Waals surface area contributed by atoms with E-state index in [0.29, 0.717) is 0 Å². The highest BCUT2D eigenvalue weighted by Crippen LogP contribution is 2.27. The molecule has 2 rings (SSSR count). The van der Waals surface area contributed by atoms with Gasteiger partial charge in [-0.25, -0.2) is 4.79 Å². The van der Waals surface area contributed by atoms with E-state index in [9.17, 15) is 19.3 Å². The molecule has 0 saturated heterocycles. The lowest BCUT2D eigenvalue weighted by molar-refractivity contribution is -0.387. The van der Waals surface area contributed by atoms with Crippen LogP contribution >= 0.6 is 0 Å². The van der Waals surface area contributed by atoms with E-state index in [1.165, 1.54) is 6.07 Å². The van der Waals surface area contributed by atoms with E-state index in [0.717, 1.165) is 37.8 Å². The number of nitro benzene ring substituents is 1. The molecular weight excluding hydrogens is 265 g/mol. The van der Waals surface area contributed by atoms with Crippen LogP contribution in [-0.2, 0) is 4.74 Å². The van der Waals surface area contributed by atoms with Crippen LogP contribution in [-0.4, -0.2) is 17.0 Å². The van der Waals surface area contributed by atoms with Crippen LogP contribution in [0.2, 0.25) is 0 Å². The van der Waals surface area contributed by atoms with Crippen molar-refractivity contribution in [3.05, 3.63) is 39.7 Å². The van der Waals surface area contributed by atoms with Crippen molar-refractivity contribution in [1.29, 1.82) is 0 Å². The van der Waals surface area contributed by atoms with E-state index >= 15 is 0 Å². The number of ether oxygens (including phenoxy) is 1. The van der Waals surface area contributed by atoms with Crippen LogP contribution in [0.5, 0.6) is 0 Å². The van der Waals surface area contributed by atoms with Crippen molar-refractivity contribution in [3.8, 4) is 0 Å². The Bertz CT molecular complexity index is 532. The Morgan fingerprint density at radius 3 is 2.70 bits per heavy atom. The van der Waals surface area contributed by atoms with Gasteiger partial charge in [-0.05, 0) is 37.3 Å². The summed E-state index contributed by atoms with van der Waals surface area (Å²) < 4.78 is 18.8. The van der Waals surface area contributed by atoms with Gasteiger partial charge < -0.3 is 4.74 Å². The van der Waals surface area contributed by atoms with E-state index in [-0.39, 0.29) is 17.6 Å². The number of hydrogen-bond acceptors (Lipinski definition) is 4. The second-order valence-corrected chi connectivity index (χ2v) is 5.13. The number of benzene rings is 1. The summed E-state index contributed by atoms with van der Waals surface area (Å²) in [5.74, 6) is -1.37. The Labute approximate surface area is 115 Å². The molecule has 0 heterocycles. The summed E-state index contributed by atoms with van der Waals surface area (Å²) in [6, 6.07) is 3.06. The van der Waals surface area contributed by atoms with Crippen LogP contribution in [0.25, 0.3) is 0 Å². The maximum atomic E-state index is 13.5. The van der Waals surface area contributed by atoms with Gasteiger partial charge in [-0.15, -0.1) is 0 Å². The number of carbonyl (C=O) groups is 1. The van der Waals surface area contributed by atoms with Gasteiger partial charge in [0.25, 0.3) is 0 Å². The van der Waals surface area contributed by atoms with Gasteiger partial charge in [-0.3, -0.25) is 10.1 Å². The number of hydrogen-bond donors (Lipinski definition) is 0. The minimum absolute atomic E-state index is 0.00544. The fraction of sp³-hybridized carbons (Fsp3) is 0.500. The van der Waals surface area contributed by atoms with Gasteiger partial charge >= 0.3 is 11.7 Å². The van der Waals surface area contributed by atoms with E-state index < -0.39 is 22.4 Å². The highest BCUT2D eigenvalue weighted by Gasteiger charge is 2.26. The molecule has 108 valence electrons. The molecule has 1 aliphatic rings. The van der Waals surface area contributed by atoms with Gasteiger partial charge in [0, 0.05) is 6.07 Å². The molecule has 0 aliphatic heterocycles. The quantitative estimate of drug-likeness (QED) is 0.483. The van der Waals surface area contributed by atoms with E-state index in [4.69, 9.17) is 4.74 Å². The molecule has 0 aromatic heterocycles. The lowest BCUT2D eigenvalue weighted by Crippen LogP contribution is -2.28. The molecule has 0 amide bonds. The Morgan fingerprint density at radius 2 is 2.10 bits per heavy atom. The molecule has 1 aromatic carbocycles. The molecule has 6 heteroatoms. The molecule has 0 N–H and O–H groups in total. The topological polar surface area (TPSA) is 69.4 Å². The predicted octanol–water partition coefficient (Wildman–Crippen LogP) is 3.47. The molecule has 2 unspecified atom stereocenters. The standard InChI is InChI=1S/C14H16FNO4/c1-9-4-2-3-5-13(9)20-14(17)10-6-7-12(16(18)19)11(15)8-10/h6-9,13H,2-5H2,1H3. The molecule has 0 radical (unpaired) electrons. The van der Waals surface area contributed by atoms with E-state index in [1.54, 1.807) is 0 Å². The normalized spacial score (nSPS) is 22.3. The zero-order chi connectivity index (χ0) is 14.7. The van der Waals surface area contributed by atoms with Gasteiger partial charge in [0.15, 0.2) is 0 Å². The summed E-state index contributed by atoms with van der Waals surface area (Å²) in [6.45, 7) is 2.02. The second kappa shape index (κ2) is 5.98. The van der Waals surface area contributed by atoms with Crippen molar-refractivity contribution in [2.75, 3.05) is 0 Å². The van der Waals surface area contributed by atoms with Crippen molar-refractivity contribution < 1.29 is 18.8 Å². The third-order valence-corrected chi connectivity index (χ3v) is 3.67. The zero-order valence-corrected chi connectivity index (χ0v) is 11.2. The monoisotopic (exact) mass is 281 g/mol. The lowest BCUT2D eigenvalue weighted by atomic mass is 9.88. The largest absolute Gasteiger partial charge is 0.458 e. The highest BCUT2D eigenvalue weighted by molar-refractivity contribution is 5.89. The minimum Gasteiger partial charge on any atom is -0.458 e. The number of carbonyl (C=O) groups excluding carboxylic acids is 1. The fourth-order valence-corrected chi connectivity index (χ4v) is 2.44. The maximum Gasteiger partial charge on any atom is 0.338 e. The number of rotatable bonds is 3. The molecule has 0 bridgehead atoms. The molecule has 5 nitrogen and oxygen atoms in total. The van der Waals surface area contributed by atoms with Crippen molar-refractivity contribution in [3.63, 3.8) is 0 Å². The smallest absolute Gasteiger partial charge is 0.338 e. The Morgan fingerprint density at radius 1 is 1.40 bits per heavy atom. The van der Waals surface area contributed by atoms with Crippen molar-refractivity contribution >= 4 is 11.7 Å². The molecule has 20 heavy (non-hydrogen) atoms. The first kappa shape index (κ1) is 14.4. The predicted molar refractivity (Wildman–Crippen MR) is 69.9 cm³/mol. The Balaban J connectivity index is 2.09. The fourth-order valence-electron chi connectivity index (χ4n) is 2.44. The summed E-state index contributed by atoms with van der Waals surface area (Å²) in [5.41, 5.74) is -0.640.